The van der Waals surface area contributed by atoms with Gasteiger partial charge in [-0.2, -0.15) is 4.39 Å². The van der Waals surface area contributed by atoms with E-state index < -0.39 is 23.0 Å². The van der Waals surface area contributed by atoms with Crippen molar-refractivity contribution in [1.82, 2.24) is 14.5 Å². The predicted molar refractivity (Wildman–Crippen MR) is 115 cm³/mol. The van der Waals surface area contributed by atoms with E-state index >= 15 is 0 Å². The van der Waals surface area contributed by atoms with Crippen LogP contribution < -0.4 is 15.1 Å². The van der Waals surface area contributed by atoms with Gasteiger partial charge in [-0.15, -0.1) is 0 Å². The van der Waals surface area contributed by atoms with Crippen molar-refractivity contribution >= 4 is 22.6 Å². The maximum atomic E-state index is 14.4. The van der Waals surface area contributed by atoms with Gasteiger partial charge >= 0.3 is 0 Å². The van der Waals surface area contributed by atoms with Gasteiger partial charge in [0.25, 0.3) is 5.91 Å². The SMILES string of the molecule is COc1c(F)c(F)cc2c(=O)c(C(=O)N3CCN(c4ccccn4)CC3)cn(C3CC3)c12. The molecule has 1 amide bonds. The third-order valence-electron chi connectivity index (χ3n) is 6.08. The number of aromatic nitrogens is 2. The van der Waals surface area contributed by atoms with Crippen molar-refractivity contribution in [3.05, 3.63) is 64.1 Å². The van der Waals surface area contributed by atoms with Crippen LogP contribution in [0.25, 0.3) is 10.9 Å². The fourth-order valence-electron chi connectivity index (χ4n) is 4.26. The van der Waals surface area contributed by atoms with Gasteiger partial charge in [-0.3, -0.25) is 9.59 Å². The monoisotopic (exact) mass is 440 g/mol. The van der Waals surface area contributed by atoms with Crippen molar-refractivity contribution in [1.29, 1.82) is 0 Å². The first-order valence-corrected chi connectivity index (χ1v) is 10.6. The van der Waals surface area contributed by atoms with E-state index in [1.165, 1.54) is 13.3 Å². The number of piperazine rings is 1. The van der Waals surface area contributed by atoms with Gasteiger partial charge in [0.2, 0.25) is 11.2 Å². The lowest BCUT2D eigenvalue weighted by atomic mass is 10.1. The number of carbonyl (C=O) groups excluding carboxylic acids is 1. The van der Waals surface area contributed by atoms with Crippen molar-refractivity contribution in [2.45, 2.75) is 18.9 Å². The van der Waals surface area contributed by atoms with Crippen LogP contribution in [0.4, 0.5) is 14.6 Å². The molecule has 1 aliphatic carbocycles. The molecule has 3 aromatic rings. The van der Waals surface area contributed by atoms with E-state index in [1.54, 1.807) is 15.7 Å². The van der Waals surface area contributed by atoms with Crippen LogP contribution in [0.15, 0.2) is 41.5 Å². The highest BCUT2D eigenvalue weighted by Crippen LogP contribution is 2.40. The molecule has 1 saturated heterocycles. The van der Waals surface area contributed by atoms with E-state index in [9.17, 15) is 18.4 Å². The fraction of sp³-hybridized carbons (Fsp3) is 0.348. The first-order valence-electron chi connectivity index (χ1n) is 10.6. The molecule has 0 bridgehead atoms. The summed E-state index contributed by atoms with van der Waals surface area (Å²) in [7, 11) is 1.24. The van der Waals surface area contributed by atoms with Crippen LogP contribution in [0.2, 0.25) is 0 Å². The van der Waals surface area contributed by atoms with E-state index in [4.69, 9.17) is 4.74 Å². The highest BCUT2D eigenvalue weighted by molar-refractivity contribution is 5.98. The van der Waals surface area contributed by atoms with E-state index in [0.717, 1.165) is 24.7 Å². The lowest BCUT2D eigenvalue weighted by Crippen LogP contribution is -2.49. The lowest BCUT2D eigenvalue weighted by molar-refractivity contribution is 0.0744. The van der Waals surface area contributed by atoms with E-state index in [2.05, 4.69) is 9.88 Å². The van der Waals surface area contributed by atoms with Crippen molar-refractivity contribution in [3.63, 3.8) is 0 Å². The minimum Gasteiger partial charge on any atom is -0.491 e. The van der Waals surface area contributed by atoms with Gasteiger partial charge in [0.1, 0.15) is 11.4 Å². The minimum atomic E-state index is -1.18. The Kier molecular flexibility index (Phi) is 5.03. The van der Waals surface area contributed by atoms with Crippen LogP contribution in [0.5, 0.6) is 5.75 Å². The first-order chi connectivity index (χ1) is 15.5. The van der Waals surface area contributed by atoms with Crippen LogP contribution in [0.1, 0.15) is 29.2 Å². The third kappa shape index (κ3) is 3.37. The number of amides is 1. The average molecular weight is 440 g/mol. The zero-order chi connectivity index (χ0) is 22.4. The van der Waals surface area contributed by atoms with E-state index in [0.29, 0.717) is 26.2 Å². The summed E-state index contributed by atoms with van der Waals surface area (Å²) in [5.74, 6) is -2.20. The smallest absolute Gasteiger partial charge is 0.259 e. The molecular weight excluding hydrogens is 418 g/mol. The summed E-state index contributed by atoms with van der Waals surface area (Å²) in [6.45, 7) is 2.02. The number of nitrogens with zero attached hydrogens (tertiary/aromatic N) is 4. The molecule has 2 fully saturated rings. The standard InChI is InChI=1S/C23H22F2N4O3/c1-32-22-19(25)17(24)12-15-20(22)29(14-5-6-14)13-16(21(15)30)23(31)28-10-8-27(9-11-28)18-4-2-3-7-26-18/h2-4,7,12-14H,5-6,8-11H2,1H3. The van der Waals surface area contributed by atoms with Gasteiger partial charge in [0.05, 0.1) is 18.0 Å². The van der Waals surface area contributed by atoms with Crippen molar-refractivity contribution in [2.24, 2.45) is 0 Å². The number of pyridine rings is 2. The van der Waals surface area contributed by atoms with Crippen molar-refractivity contribution in [2.75, 3.05) is 38.2 Å². The van der Waals surface area contributed by atoms with Gasteiger partial charge in [0.15, 0.2) is 11.6 Å². The average Bonchev–Trinajstić information content (AvgIpc) is 3.66. The fourth-order valence-corrected chi connectivity index (χ4v) is 4.26. The van der Waals surface area contributed by atoms with Gasteiger partial charge in [-0.1, -0.05) is 6.07 Å². The Bertz CT molecular complexity index is 1250. The normalized spacial score (nSPS) is 16.5. The number of halogens is 2. The summed E-state index contributed by atoms with van der Waals surface area (Å²) in [5, 5.41) is -0.0504. The highest BCUT2D eigenvalue weighted by atomic mass is 19.2. The number of hydrogen-bond acceptors (Lipinski definition) is 5. The number of ether oxygens (including phenoxy) is 1. The second kappa shape index (κ2) is 7.89. The van der Waals surface area contributed by atoms with Crippen LogP contribution in [0.3, 0.4) is 0 Å². The van der Waals surface area contributed by atoms with Crippen LogP contribution >= 0.6 is 0 Å². The van der Waals surface area contributed by atoms with Gasteiger partial charge in [0, 0.05) is 44.6 Å². The Labute approximate surface area is 182 Å². The second-order valence-electron chi connectivity index (χ2n) is 8.08. The summed E-state index contributed by atoms with van der Waals surface area (Å²) in [4.78, 5) is 34.5. The topological polar surface area (TPSA) is 67.7 Å². The minimum absolute atomic E-state index is 0.0180. The van der Waals surface area contributed by atoms with Crippen molar-refractivity contribution < 1.29 is 18.3 Å². The Hall–Kier alpha value is -3.49. The summed E-state index contributed by atoms with van der Waals surface area (Å²) < 4.78 is 35.4. The molecule has 166 valence electrons. The number of methoxy groups -OCH3 is 1. The molecule has 0 N–H and O–H groups in total. The zero-order valence-electron chi connectivity index (χ0n) is 17.6. The molecule has 2 aromatic heterocycles. The zero-order valence-corrected chi connectivity index (χ0v) is 17.6. The molecule has 2 aliphatic rings. The van der Waals surface area contributed by atoms with E-state index in [-0.39, 0.29) is 28.3 Å². The van der Waals surface area contributed by atoms with Gasteiger partial charge in [-0.25, -0.2) is 9.37 Å². The molecule has 0 unspecified atom stereocenters. The molecule has 32 heavy (non-hydrogen) atoms. The summed E-state index contributed by atoms with van der Waals surface area (Å²) in [6, 6.07) is 6.55. The number of rotatable bonds is 4. The van der Waals surface area contributed by atoms with Gasteiger partial charge in [-0.05, 0) is 31.0 Å². The summed E-state index contributed by atoms with van der Waals surface area (Å²) in [5.41, 5.74) is -0.467. The first kappa shape index (κ1) is 20.4. The molecule has 5 rings (SSSR count). The molecule has 0 atom stereocenters. The molecule has 0 spiro atoms. The number of anilines is 1. The van der Waals surface area contributed by atoms with Crippen molar-refractivity contribution in [3.8, 4) is 5.75 Å². The van der Waals surface area contributed by atoms with E-state index in [1.807, 2.05) is 18.2 Å². The Morgan fingerprint density at radius 2 is 1.91 bits per heavy atom. The molecule has 1 aliphatic heterocycles. The van der Waals surface area contributed by atoms with Crippen LogP contribution in [-0.2, 0) is 0 Å². The highest BCUT2D eigenvalue weighted by Gasteiger charge is 2.32. The molecule has 1 aromatic carbocycles. The number of hydrogen-bond donors (Lipinski definition) is 0. The Balaban J connectivity index is 1.51. The second-order valence-corrected chi connectivity index (χ2v) is 8.08. The summed E-state index contributed by atoms with van der Waals surface area (Å²) >= 11 is 0. The maximum Gasteiger partial charge on any atom is 0.259 e. The maximum absolute atomic E-state index is 14.4. The number of carbonyl (C=O) groups is 1. The summed E-state index contributed by atoms with van der Waals surface area (Å²) in [6.07, 6.45) is 4.86. The van der Waals surface area contributed by atoms with Gasteiger partial charge < -0.3 is 19.1 Å². The molecule has 1 saturated carbocycles. The molecule has 9 heteroatoms. The number of benzene rings is 1. The van der Waals surface area contributed by atoms with Crippen LogP contribution in [-0.4, -0.2) is 53.6 Å². The molecule has 0 radical (unpaired) electrons. The Morgan fingerprint density at radius 3 is 2.53 bits per heavy atom. The lowest BCUT2D eigenvalue weighted by Gasteiger charge is -2.35. The van der Waals surface area contributed by atoms with Crippen LogP contribution in [0, 0.1) is 11.6 Å². The number of fused-ring (bicyclic) bond motifs is 1. The Morgan fingerprint density at radius 1 is 1.16 bits per heavy atom. The molecule has 7 nitrogen and oxygen atoms in total. The quantitative estimate of drug-likeness (QED) is 0.624. The molecule has 3 heterocycles. The largest absolute Gasteiger partial charge is 0.491 e. The third-order valence-corrected chi connectivity index (χ3v) is 6.08. The molecular formula is C23H22F2N4O3. The predicted octanol–water partition coefficient (Wildman–Crippen LogP) is 2.98.